The van der Waals surface area contributed by atoms with Crippen LogP contribution < -0.4 is 0 Å². The number of aliphatic hydroxyl groups is 8. The minimum atomic E-state index is -1.59. The van der Waals surface area contributed by atoms with Crippen molar-refractivity contribution in [2.45, 2.75) is 141 Å². The molecule has 12 nitrogen and oxygen atoms in total. The van der Waals surface area contributed by atoms with E-state index in [1.165, 1.54) is 0 Å². The highest BCUT2D eigenvalue weighted by Crippen LogP contribution is 2.66. The van der Waals surface area contributed by atoms with Crippen LogP contribution >= 0.6 is 0 Å². The van der Waals surface area contributed by atoms with Crippen molar-refractivity contribution in [2.75, 3.05) is 13.2 Å². The average molecular weight is 659 g/mol. The molecule has 3 saturated carbocycles. The van der Waals surface area contributed by atoms with Crippen LogP contribution in [0, 0.1) is 52.3 Å². The van der Waals surface area contributed by atoms with Crippen LogP contribution in [-0.4, -0.2) is 121 Å². The maximum atomic E-state index is 13.2. The van der Waals surface area contributed by atoms with E-state index in [0.29, 0.717) is 13.0 Å². The normalized spacial score (nSPS) is 49.0. The lowest BCUT2D eigenvalue weighted by Gasteiger charge is -2.56. The van der Waals surface area contributed by atoms with Crippen molar-refractivity contribution in [3.8, 4) is 0 Å². The minimum Gasteiger partial charge on any atom is -0.465 e. The van der Waals surface area contributed by atoms with Gasteiger partial charge < -0.3 is 55.1 Å². The predicted molar refractivity (Wildman–Crippen MR) is 164 cm³/mol. The van der Waals surface area contributed by atoms with Crippen LogP contribution in [0.25, 0.3) is 0 Å². The van der Waals surface area contributed by atoms with Crippen molar-refractivity contribution in [1.82, 2.24) is 0 Å². The summed E-state index contributed by atoms with van der Waals surface area (Å²) >= 11 is 0. The Morgan fingerprint density at radius 2 is 1.57 bits per heavy atom. The summed E-state index contributed by atoms with van der Waals surface area (Å²) in [4.78, 5) is 13.2. The molecule has 18 atom stereocenters. The monoisotopic (exact) mass is 658 g/mol. The van der Waals surface area contributed by atoms with Gasteiger partial charge in [0.15, 0.2) is 6.29 Å². The van der Waals surface area contributed by atoms with E-state index < -0.39 is 84.6 Å². The summed E-state index contributed by atoms with van der Waals surface area (Å²) in [6.45, 7) is 11.2. The van der Waals surface area contributed by atoms with Gasteiger partial charge in [0, 0.05) is 5.92 Å². The number of hydrogen-bond donors (Lipinski definition) is 8. The molecule has 0 aromatic heterocycles. The lowest BCUT2D eigenvalue weighted by molar-refractivity contribution is -0.331. The van der Waals surface area contributed by atoms with Gasteiger partial charge in [0.05, 0.1) is 49.1 Å². The maximum Gasteiger partial charge on any atom is 0.309 e. The summed E-state index contributed by atoms with van der Waals surface area (Å²) in [5, 5.41) is 84.6. The number of aliphatic hydroxyl groups excluding tert-OH is 8. The zero-order chi connectivity index (χ0) is 34.1. The third-order valence-corrected chi connectivity index (χ3v) is 13.8. The molecule has 3 aliphatic carbocycles. The zero-order valence-electron chi connectivity index (χ0n) is 28.1. The van der Waals surface area contributed by atoms with Crippen molar-refractivity contribution in [2.24, 2.45) is 52.3 Å². The smallest absolute Gasteiger partial charge is 0.309 e. The Morgan fingerprint density at radius 1 is 0.913 bits per heavy atom. The summed E-state index contributed by atoms with van der Waals surface area (Å²) in [5.41, 5.74) is -1.79. The SMILES string of the molecule is C[C@H]([C@@H](O)[C@H](O)[C@H](C)C(C)(C)O[C@@H]1O[C@H](CO)[C@@H](O)[C@H](O)[C@H]1O)[C@H]1CC[C@H]2[C@@H]3COC(=O)[C@H]4C[C@H](O)[C@H](O)C[C@]4(C)[C@H]3CC[C@]12C. The van der Waals surface area contributed by atoms with Crippen LogP contribution in [-0.2, 0) is 19.0 Å². The van der Waals surface area contributed by atoms with E-state index in [4.69, 9.17) is 14.2 Å². The molecule has 12 heteroatoms. The van der Waals surface area contributed by atoms with Gasteiger partial charge >= 0.3 is 5.97 Å². The van der Waals surface area contributed by atoms with Gasteiger partial charge in [-0.15, -0.1) is 0 Å². The molecule has 0 amide bonds. The van der Waals surface area contributed by atoms with Crippen molar-refractivity contribution in [1.29, 1.82) is 0 Å². The van der Waals surface area contributed by atoms with Gasteiger partial charge in [-0.2, -0.15) is 0 Å². The van der Waals surface area contributed by atoms with Crippen molar-refractivity contribution in [3.05, 3.63) is 0 Å². The molecule has 0 bridgehead atoms. The number of rotatable bonds is 8. The highest BCUT2D eigenvalue weighted by Gasteiger charge is 2.63. The minimum absolute atomic E-state index is 0.0890. The van der Waals surface area contributed by atoms with Crippen LogP contribution in [0.3, 0.4) is 0 Å². The summed E-state index contributed by atoms with van der Waals surface area (Å²) in [6, 6.07) is 0. The van der Waals surface area contributed by atoms with Gasteiger partial charge in [-0.3, -0.25) is 4.79 Å². The van der Waals surface area contributed by atoms with E-state index in [1.807, 2.05) is 6.92 Å². The molecule has 0 spiro atoms. The first-order valence-corrected chi connectivity index (χ1v) is 17.3. The second-order valence-electron chi connectivity index (χ2n) is 16.4. The Kier molecular flexibility index (Phi) is 10.3. The van der Waals surface area contributed by atoms with Gasteiger partial charge in [0.2, 0.25) is 0 Å². The molecule has 2 saturated heterocycles. The predicted octanol–water partition coefficient (Wildman–Crippen LogP) is 0.329. The lowest BCUT2D eigenvalue weighted by Crippen LogP contribution is -2.61. The third kappa shape index (κ3) is 5.96. The molecule has 266 valence electrons. The largest absolute Gasteiger partial charge is 0.465 e. The van der Waals surface area contributed by atoms with Crippen LogP contribution in [0.2, 0.25) is 0 Å². The second kappa shape index (κ2) is 13.1. The quantitative estimate of drug-likeness (QED) is 0.166. The molecule has 0 unspecified atom stereocenters. The van der Waals surface area contributed by atoms with E-state index in [1.54, 1.807) is 20.8 Å². The van der Waals surface area contributed by atoms with Crippen LogP contribution in [0.15, 0.2) is 0 Å². The van der Waals surface area contributed by atoms with E-state index in [0.717, 1.165) is 25.7 Å². The highest BCUT2D eigenvalue weighted by molar-refractivity contribution is 5.74. The number of carbonyl (C=O) groups excluding carboxylic acids is 1. The van der Waals surface area contributed by atoms with Gasteiger partial charge in [-0.25, -0.2) is 0 Å². The van der Waals surface area contributed by atoms with E-state index >= 15 is 0 Å². The van der Waals surface area contributed by atoms with E-state index in [9.17, 15) is 45.6 Å². The maximum absolute atomic E-state index is 13.2. The molecule has 0 aromatic rings. The zero-order valence-corrected chi connectivity index (χ0v) is 28.1. The number of ether oxygens (including phenoxy) is 3. The molecule has 46 heavy (non-hydrogen) atoms. The first kappa shape index (κ1) is 36.4. The molecule has 8 N–H and O–H groups in total. The molecule has 5 rings (SSSR count). The summed E-state index contributed by atoms with van der Waals surface area (Å²) < 4.78 is 17.5. The summed E-state index contributed by atoms with van der Waals surface area (Å²) in [7, 11) is 0. The van der Waals surface area contributed by atoms with Crippen molar-refractivity contribution < 1.29 is 59.9 Å². The Bertz CT molecular complexity index is 1090. The Balaban J connectivity index is 1.28. The van der Waals surface area contributed by atoms with Crippen molar-refractivity contribution >= 4 is 5.97 Å². The molecule has 2 aliphatic heterocycles. The summed E-state index contributed by atoms with van der Waals surface area (Å²) in [5.74, 6) is -1.08. The number of fused-ring (bicyclic) bond motifs is 5. The summed E-state index contributed by atoms with van der Waals surface area (Å²) in [6.07, 6.45) is -7.25. The number of carbonyl (C=O) groups is 1. The van der Waals surface area contributed by atoms with Gasteiger partial charge in [0.25, 0.3) is 0 Å². The average Bonchev–Trinajstić information content (AvgIpc) is 3.32. The molecule has 2 heterocycles. The van der Waals surface area contributed by atoms with Crippen LogP contribution in [0.4, 0.5) is 0 Å². The van der Waals surface area contributed by atoms with Crippen molar-refractivity contribution in [3.63, 3.8) is 0 Å². The van der Waals surface area contributed by atoms with Crippen LogP contribution in [0.1, 0.15) is 80.1 Å². The number of esters is 1. The van der Waals surface area contributed by atoms with Gasteiger partial charge in [0.1, 0.15) is 24.4 Å². The first-order valence-electron chi connectivity index (χ1n) is 17.3. The topological polar surface area (TPSA) is 207 Å². The standard InChI is InChI=1S/C34H58O12/c1-15(25(38)26(39)16(2)32(3,4)46-31-29(42)28(41)27(40)24(13-35)45-31)18-7-8-19-17-14-44-30(43)21-11-22(36)23(37)12-34(21,6)20(17)9-10-33(18,19)5/h15-29,31,35-42H,7-14H2,1-6H3/t15-,16-,17-,18+,19-,20-,21+,22-,23+,24+,25+,26+,27+,28-,29+,31-,33+,34+/m0/s1. The molecular weight excluding hydrogens is 600 g/mol. The number of hydrogen-bond acceptors (Lipinski definition) is 12. The van der Waals surface area contributed by atoms with Gasteiger partial charge in [-0.1, -0.05) is 27.7 Å². The van der Waals surface area contributed by atoms with E-state index in [-0.39, 0.29) is 47.4 Å². The number of cyclic esters (lactones) is 1. The second-order valence-corrected chi connectivity index (χ2v) is 16.4. The molecule has 0 radical (unpaired) electrons. The highest BCUT2D eigenvalue weighted by atomic mass is 16.7. The Labute approximate surface area is 272 Å². The first-order chi connectivity index (χ1) is 21.4. The molecule has 0 aromatic carbocycles. The Morgan fingerprint density at radius 3 is 2.22 bits per heavy atom. The fourth-order valence-corrected chi connectivity index (χ4v) is 10.5. The lowest BCUT2D eigenvalue weighted by atomic mass is 9.48. The van der Waals surface area contributed by atoms with E-state index in [2.05, 4.69) is 13.8 Å². The third-order valence-electron chi connectivity index (χ3n) is 13.8. The molecule has 5 fully saturated rings. The van der Waals surface area contributed by atoms with Crippen LogP contribution in [0.5, 0.6) is 0 Å². The Hall–Kier alpha value is -0.930. The molecular formula is C34H58O12. The fourth-order valence-electron chi connectivity index (χ4n) is 10.5. The van der Waals surface area contributed by atoms with Gasteiger partial charge in [-0.05, 0) is 92.8 Å². The fraction of sp³-hybridized carbons (Fsp3) is 0.971. The molecule has 5 aliphatic rings.